The number of pyridine rings is 3. The van der Waals surface area contributed by atoms with Gasteiger partial charge in [-0.3, -0.25) is 9.78 Å². The fraction of sp³-hybridized carbons (Fsp3) is 0.333. The number of hydrogen-bond donors (Lipinski definition) is 2. The molecule has 41 heavy (non-hydrogen) atoms. The smallest absolute Gasteiger partial charge is 0.341 e. The summed E-state index contributed by atoms with van der Waals surface area (Å²) in [6, 6.07) is 2.76. The Balaban J connectivity index is 1.59. The summed E-state index contributed by atoms with van der Waals surface area (Å²) in [7, 11) is 5.26. The van der Waals surface area contributed by atoms with Crippen molar-refractivity contribution in [1.82, 2.24) is 19.4 Å². The number of carbonyl (C=O) groups is 1. The zero-order valence-electron chi connectivity index (χ0n) is 23.3. The highest BCUT2D eigenvalue weighted by molar-refractivity contribution is 5.98. The van der Waals surface area contributed by atoms with Crippen LogP contribution in [-0.2, 0) is 6.42 Å². The number of halogens is 2. The number of anilines is 2. The molecule has 212 valence electrons. The van der Waals surface area contributed by atoms with Crippen LogP contribution in [0.2, 0.25) is 0 Å². The lowest BCUT2D eigenvalue weighted by Crippen LogP contribution is -2.24. The summed E-state index contributed by atoms with van der Waals surface area (Å²) in [6.07, 6.45) is 5.81. The summed E-state index contributed by atoms with van der Waals surface area (Å²) in [4.78, 5) is 38.8. The molecular formula is C30H30F2N6O3. The Morgan fingerprint density at radius 2 is 1.98 bits per heavy atom. The first-order chi connectivity index (χ1) is 19.6. The third kappa shape index (κ3) is 4.14. The van der Waals surface area contributed by atoms with E-state index >= 15 is 4.39 Å². The fourth-order valence-electron chi connectivity index (χ4n) is 6.25. The topological polar surface area (TPSA) is 104 Å². The Morgan fingerprint density at radius 3 is 2.63 bits per heavy atom. The molecule has 3 aromatic heterocycles. The van der Waals surface area contributed by atoms with Crippen molar-refractivity contribution in [3.05, 3.63) is 69.4 Å². The Kier molecular flexibility index (Phi) is 6.49. The molecule has 4 heterocycles. The first-order valence-electron chi connectivity index (χ1n) is 13.5. The maximum Gasteiger partial charge on any atom is 0.341 e. The lowest BCUT2D eigenvalue weighted by Gasteiger charge is -2.23. The molecule has 0 unspecified atom stereocenters. The van der Waals surface area contributed by atoms with E-state index in [1.165, 1.54) is 6.20 Å². The summed E-state index contributed by atoms with van der Waals surface area (Å²) in [5.74, 6) is -3.20. The molecule has 2 N–H and O–H groups in total. The standard InChI is InChI=1S/C30H30F2N6O3/c1-5-37-7-6-16(13-37)38-14-20(30(40)41)28(39)18-8-15(11-35-29(18)38)19-12-34-23-9-17-22(33-2)10-21(31)26(32)24(17)25(23)27(19)36(3)4/h8,10-12,14,16,33H,5-7,9,13H2,1-4H3,(H,40,41)/t16-/m0/s1. The monoisotopic (exact) mass is 560 g/mol. The number of aromatic nitrogens is 3. The second kappa shape index (κ2) is 9.91. The van der Waals surface area contributed by atoms with Crippen molar-refractivity contribution < 1.29 is 18.7 Å². The molecule has 1 atom stereocenters. The maximum absolute atomic E-state index is 15.3. The minimum Gasteiger partial charge on any atom is -0.477 e. The van der Waals surface area contributed by atoms with Crippen LogP contribution < -0.4 is 15.6 Å². The molecule has 1 aliphatic carbocycles. The van der Waals surface area contributed by atoms with Gasteiger partial charge in [0, 0.05) is 99.3 Å². The van der Waals surface area contributed by atoms with Gasteiger partial charge in [-0.15, -0.1) is 0 Å². The molecule has 1 aliphatic heterocycles. The quantitative estimate of drug-likeness (QED) is 0.316. The highest BCUT2D eigenvalue weighted by atomic mass is 19.2. The Labute approximate surface area is 235 Å². The van der Waals surface area contributed by atoms with Gasteiger partial charge in [0.2, 0.25) is 5.43 Å². The minimum absolute atomic E-state index is 0.0239. The summed E-state index contributed by atoms with van der Waals surface area (Å²) in [5.41, 5.74) is 3.52. The second-order valence-electron chi connectivity index (χ2n) is 10.8. The van der Waals surface area contributed by atoms with Crippen molar-refractivity contribution in [2.75, 3.05) is 51.0 Å². The highest BCUT2D eigenvalue weighted by Gasteiger charge is 2.33. The predicted molar refractivity (Wildman–Crippen MR) is 154 cm³/mol. The maximum atomic E-state index is 15.3. The van der Waals surface area contributed by atoms with E-state index in [4.69, 9.17) is 0 Å². The van der Waals surface area contributed by atoms with Crippen LogP contribution >= 0.6 is 0 Å². The number of nitrogens with one attached hydrogen (secondary N) is 1. The molecule has 11 heteroatoms. The number of nitrogens with zero attached hydrogens (tertiary/aromatic N) is 5. The van der Waals surface area contributed by atoms with Crippen molar-refractivity contribution in [1.29, 1.82) is 0 Å². The number of likely N-dealkylation sites (N-methyl/N-ethyl adjacent to an activating group) is 1. The number of fused-ring (bicyclic) bond motifs is 4. The lowest BCUT2D eigenvalue weighted by atomic mass is 9.97. The second-order valence-corrected chi connectivity index (χ2v) is 10.8. The van der Waals surface area contributed by atoms with Gasteiger partial charge in [0.25, 0.3) is 0 Å². The fourth-order valence-corrected chi connectivity index (χ4v) is 6.25. The molecule has 0 spiro atoms. The van der Waals surface area contributed by atoms with Crippen LogP contribution in [-0.4, -0.2) is 71.3 Å². The average Bonchev–Trinajstić information content (AvgIpc) is 3.59. The van der Waals surface area contributed by atoms with Crippen molar-refractivity contribution >= 4 is 28.4 Å². The lowest BCUT2D eigenvalue weighted by molar-refractivity contribution is 0.0694. The van der Waals surface area contributed by atoms with Crippen molar-refractivity contribution in [3.63, 3.8) is 0 Å². The van der Waals surface area contributed by atoms with Crippen LogP contribution in [0.1, 0.15) is 41.0 Å². The van der Waals surface area contributed by atoms with Gasteiger partial charge < -0.3 is 24.8 Å². The summed E-state index contributed by atoms with van der Waals surface area (Å²) < 4.78 is 31.8. The summed E-state index contributed by atoms with van der Waals surface area (Å²) >= 11 is 0. The van der Waals surface area contributed by atoms with Crippen LogP contribution in [0.3, 0.4) is 0 Å². The zero-order chi connectivity index (χ0) is 29.2. The summed E-state index contributed by atoms with van der Waals surface area (Å²) in [5, 5.41) is 13.0. The molecule has 1 fully saturated rings. The van der Waals surface area contributed by atoms with E-state index < -0.39 is 23.0 Å². The van der Waals surface area contributed by atoms with Gasteiger partial charge in [-0.25, -0.2) is 18.6 Å². The average molecular weight is 561 g/mol. The van der Waals surface area contributed by atoms with Crippen LogP contribution in [0.25, 0.3) is 33.3 Å². The first-order valence-corrected chi connectivity index (χ1v) is 13.5. The molecular weight excluding hydrogens is 530 g/mol. The molecule has 0 radical (unpaired) electrons. The number of hydrogen-bond acceptors (Lipinski definition) is 7. The Bertz CT molecular complexity index is 1800. The zero-order valence-corrected chi connectivity index (χ0v) is 23.3. The number of benzene rings is 1. The third-order valence-corrected chi connectivity index (χ3v) is 8.27. The molecule has 2 aliphatic rings. The molecule has 0 amide bonds. The minimum atomic E-state index is -1.30. The van der Waals surface area contributed by atoms with E-state index in [0.717, 1.165) is 32.1 Å². The van der Waals surface area contributed by atoms with Gasteiger partial charge in [0.05, 0.1) is 16.8 Å². The van der Waals surface area contributed by atoms with Crippen LogP contribution in [0.4, 0.5) is 20.2 Å². The normalized spacial score (nSPS) is 16.2. The van der Waals surface area contributed by atoms with Crippen molar-refractivity contribution in [2.24, 2.45) is 0 Å². The number of aromatic carboxylic acids is 1. The molecule has 1 saturated heterocycles. The number of carboxylic acids is 1. The number of carboxylic acid groups (broad SMARTS) is 1. The van der Waals surface area contributed by atoms with Gasteiger partial charge in [-0.1, -0.05) is 6.92 Å². The number of likely N-dealkylation sites (tertiary alicyclic amines) is 1. The van der Waals surface area contributed by atoms with Gasteiger partial charge >= 0.3 is 5.97 Å². The van der Waals surface area contributed by atoms with Gasteiger partial charge in [-0.05, 0) is 24.6 Å². The van der Waals surface area contributed by atoms with Crippen LogP contribution in [0, 0.1) is 11.6 Å². The van der Waals surface area contributed by atoms with E-state index in [2.05, 4.69) is 27.1 Å². The summed E-state index contributed by atoms with van der Waals surface area (Å²) in [6.45, 7) is 4.55. The third-order valence-electron chi connectivity index (χ3n) is 8.27. The van der Waals surface area contributed by atoms with Gasteiger partial charge in [0.15, 0.2) is 11.6 Å². The molecule has 0 bridgehead atoms. The molecule has 9 nitrogen and oxygen atoms in total. The van der Waals surface area contributed by atoms with Crippen LogP contribution in [0.15, 0.2) is 35.5 Å². The van der Waals surface area contributed by atoms with E-state index in [1.807, 2.05) is 4.90 Å². The van der Waals surface area contributed by atoms with E-state index in [0.29, 0.717) is 51.4 Å². The van der Waals surface area contributed by atoms with E-state index in [-0.39, 0.29) is 22.6 Å². The Morgan fingerprint density at radius 1 is 1.20 bits per heavy atom. The molecule has 0 saturated carbocycles. The molecule has 6 rings (SSSR count). The van der Waals surface area contributed by atoms with Crippen molar-refractivity contribution in [3.8, 4) is 22.3 Å². The predicted octanol–water partition coefficient (Wildman–Crippen LogP) is 4.38. The van der Waals surface area contributed by atoms with Crippen LogP contribution in [0.5, 0.6) is 0 Å². The highest BCUT2D eigenvalue weighted by Crippen LogP contribution is 2.49. The molecule has 4 aromatic rings. The molecule has 1 aromatic carbocycles. The first kappa shape index (κ1) is 26.8. The van der Waals surface area contributed by atoms with E-state index in [1.54, 1.807) is 44.2 Å². The van der Waals surface area contributed by atoms with Crippen molar-refractivity contribution in [2.45, 2.75) is 25.8 Å². The van der Waals surface area contributed by atoms with Gasteiger partial charge in [-0.2, -0.15) is 0 Å². The van der Waals surface area contributed by atoms with Gasteiger partial charge in [0.1, 0.15) is 11.2 Å². The number of rotatable bonds is 6. The van der Waals surface area contributed by atoms with E-state index in [9.17, 15) is 19.1 Å². The Hall–Kier alpha value is -4.38. The SMILES string of the molecule is CCN1CC[C@H](n2cc(C(=O)O)c(=O)c3cc(-c4cnc5c(c4N(C)C)-c4c(F)c(F)cc(NC)c4C5)cnc32)C1. The largest absolute Gasteiger partial charge is 0.477 e.